The van der Waals surface area contributed by atoms with Gasteiger partial charge in [-0.1, -0.05) is 26.0 Å². The lowest BCUT2D eigenvalue weighted by Crippen LogP contribution is -2.31. The van der Waals surface area contributed by atoms with Crippen molar-refractivity contribution in [2.24, 2.45) is 0 Å². The molecule has 0 bridgehead atoms. The molecule has 2 aromatic rings. The number of ether oxygens (including phenoxy) is 1. The van der Waals surface area contributed by atoms with E-state index in [0.717, 1.165) is 0 Å². The summed E-state index contributed by atoms with van der Waals surface area (Å²) in [5, 5.41) is 5.19. The molecule has 172 valence electrons. The first-order chi connectivity index (χ1) is 15.3. The summed E-state index contributed by atoms with van der Waals surface area (Å²) in [5.74, 6) is -0.0869. The van der Waals surface area contributed by atoms with Crippen LogP contribution in [0.5, 0.6) is 5.75 Å². The Morgan fingerprint density at radius 1 is 0.969 bits per heavy atom. The Balaban J connectivity index is 1.86. The number of nitrogens with one attached hydrogen (secondary N) is 2. The molecular weight excluding hydrogens is 430 g/mol. The molecule has 0 heterocycles. The monoisotopic (exact) mass is 459 g/mol. The van der Waals surface area contributed by atoms with Gasteiger partial charge in [0.05, 0.1) is 18.0 Å². The number of carbonyl (C=O) groups is 2. The summed E-state index contributed by atoms with van der Waals surface area (Å²) in [6.45, 7) is 6.63. The maximum Gasteiger partial charge on any atom is 0.244 e. The Bertz CT molecular complexity index is 1030. The Morgan fingerprint density at radius 2 is 1.59 bits per heavy atom. The van der Waals surface area contributed by atoms with Crippen molar-refractivity contribution in [1.82, 2.24) is 9.62 Å². The number of hydrogen-bond acceptors (Lipinski definition) is 5. The van der Waals surface area contributed by atoms with Gasteiger partial charge in [-0.3, -0.25) is 9.59 Å². The zero-order valence-corrected chi connectivity index (χ0v) is 19.3. The van der Waals surface area contributed by atoms with E-state index in [0.29, 0.717) is 36.7 Å². The van der Waals surface area contributed by atoms with Crippen molar-refractivity contribution in [3.05, 3.63) is 60.2 Å². The molecule has 0 spiro atoms. The summed E-state index contributed by atoms with van der Waals surface area (Å²) in [4.78, 5) is 24.2. The Labute approximate surface area is 189 Å². The third-order valence-electron chi connectivity index (χ3n) is 4.52. The van der Waals surface area contributed by atoms with Crippen LogP contribution < -0.4 is 15.4 Å². The number of anilines is 1. The number of benzene rings is 2. The fourth-order valence-corrected chi connectivity index (χ4v) is 4.33. The molecule has 2 amide bonds. The molecule has 8 nitrogen and oxygen atoms in total. The van der Waals surface area contributed by atoms with Gasteiger partial charge in [-0.25, -0.2) is 8.42 Å². The van der Waals surface area contributed by atoms with Gasteiger partial charge in [-0.05, 0) is 55.0 Å². The van der Waals surface area contributed by atoms with Gasteiger partial charge in [0.2, 0.25) is 21.8 Å². The van der Waals surface area contributed by atoms with Gasteiger partial charge in [0.15, 0.2) is 0 Å². The summed E-state index contributed by atoms with van der Waals surface area (Å²) in [6.07, 6.45) is 2.84. The van der Waals surface area contributed by atoms with E-state index in [1.807, 2.05) is 6.92 Å². The highest BCUT2D eigenvalue weighted by atomic mass is 32.2. The predicted molar refractivity (Wildman–Crippen MR) is 125 cm³/mol. The Morgan fingerprint density at radius 3 is 2.16 bits per heavy atom. The molecule has 0 saturated heterocycles. The number of nitrogens with zero attached hydrogens (tertiary/aromatic N) is 1. The zero-order valence-electron chi connectivity index (χ0n) is 18.5. The molecule has 0 fully saturated rings. The molecule has 2 rings (SSSR count). The largest absolute Gasteiger partial charge is 0.494 e. The molecule has 32 heavy (non-hydrogen) atoms. The van der Waals surface area contributed by atoms with E-state index < -0.39 is 15.9 Å². The summed E-state index contributed by atoms with van der Waals surface area (Å²) >= 11 is 0. The predicted octanol–water partition coefficient (Wildman–Crippen LogP) is 2.88. The highest BCUT2D eigenvalue weighted by Gasteiger charge is 2.20. The van der Waals surface area contributed by atoms with Gasteiger partial charge in [-0.15, -0.1) is 0 Å². The van der Waals surface area contributed by atoms with Crippen molar-refractivity contribution >= 4 is 33.6 Å². The Kier molecular flexibility index (Phi) is 9.42. The van der Waals surface area contributed by atoms with Crippen LogP contribution in [0.25, 0.3) is 6.08 Å². The Hall–Kier alpha value is -3.17. The molecule has 0 aromatic heterocycles. The summed E-state index contributed by atoms with van der Waals surface area (Å²) in [7, 11) is -3.52. The number of hydrogen-bond donors (Lipinski definition) is 2. The van der Waals surface area contributed by atoms with Crippen molar-refractivity contribution in [2.75, 3.05) is 31.6 Å². The summed E-state index contributed by atoms with van der Waals surface area (Å²) in [6, 6.07) is 13.2. The lowest BCUT2D eigenvalue weighted by atomic mass is 10.2. The van der Waals surface area contributed by atoms with Gasteiger partial charge in [-0.2, -0.15) is 4.31 Å². The second-order valence-corrected chi connectivity index (χ2v) is 8.65. The van der Waals surface area contributed by atoms with Crippen molar-refractivity contribution < 1.29 is 22.7 Å². The second kappa shape index (κ2) is 12.0. The van der Waals surface area contributed by atoms with E-state index in [-0.39, 0.29) is 17.3 Å². The van der Waals surface area contributed by atoms with Gasteiger partial charge < -0.3 is 15.4 Å². The normalized spacial score (nSPS) is 11.5. The highest BCUT2D eigenvalue weighted by molar-refractivity contribution is 7.89. The van der Waals surface area contributed by atoms with E-state index in [9.17, 15) is 18.0 Å². The van der Waals surface area contributed by atoms with Crippen LogP contribution in [0.1, 0.15) is 26.3 Å². The average Bonchev–Trinajstić information content (AvgIpc) is 2.78. The molecule has 9 heteroatoms. The third-order valence-corrected chi connectivity index (χ3v) is 6.59. The highest BCUT2D eigenvalue weighted by Crippen LogP contribution is 2.17. The van der Waals surface area contributed by atoms with Crippen molar-refractivity contribution in [2.45, 2.75) is 25.7 Å². The number of sulfonamides is 1. The molecule has 0 saturated carbocycles. The first kappa shape index (κ1) is 25.1. The molecule has 2 N–H and O–H groups in total. The molecular formula is C23H29N3O5S. The minimum absolute atomic E-state index is 0.183. The van der Waals surface area contributed by atoms with E-state index in [1.54, 1.807) is 56.3 Å². The van der Waals surface area contributed by atoms with Crippen LogP contribution >= 0.6 is 0 Å². The van der Waals surface area contributed by atoms with Crippen molar-refractivity contribution in [3.63, 3.8) is 0 Å². The molecule has 0 aliphatic heterocycles. The van der Waals surface area contributed by atoms with Gasteiger partial charge in [0.25, 0.3) is 0 Å². The number of carbonyl (C=O) groups excluding carboxylic acids is 2. The fourth-order valence-electron chi connectivity index (χ4n) is 2.87. The first-order valence-corrected chi connectivity index (χ1v) is 11.8. The van der Waals surface area contributed by atoms with Crippen LogP contribution in [0, 0.1) is 0 Å². The lowest BCUT2D eigenvalue weighted by molar-refractivity contribution is -0.121. The van der Waals surface area contributed by atoms with Gasteiger partial charge >= 0.3 is 0 Å². The minimum atomic E-state index is -3.52. The molecule has 0 aliphatic rings. The summed E-state index contributed by atoms with van der Waals surface area (Å²) in [5.41, 5.74) is 1.26. The van der Waals surface area contributed by atoms with Crippen LogP contribution in [0.2, 0.25) is 0 Å². The maximum atomic E-state index is 12.5. The van der Waals surface area contributed by atoms with Crippen LogP contribution in [0.4, 0.5) is 5.69 Å². The smallest absolute Gasteiger partial charge is 0.244 e. The number of rotatable bonds is 11. The first-order valence-electron chi connectivity index (χ1n) is 10.4. The van der Waals surface area contributed by atoms with Gasteiger partial charge in [0.1, 0.15) is 5.75 Å². The van der Waals surface area contributed by atoms with Crippen molar-refractivity contribution in [1.29, 1.82) is 0 Å². The summed E-state index contributed by atoms with van der Waals surface area (Å²) < 4.78 is 31.7. The molecule has 0 aliphatic carbocycles. The molecule has 2 aromatic carbocycles. The SMILES string of the molecule is CCOc1ccc(NC(=O)CNC(=O)/C=C/c2ccc(S(=O)(=O)N(CC)CC)cc2)cc1. The van der Waals surface area contributed by atoms with Crippen LogP contribution in [-0.2, 0) is 19.6 Å². The third kappa shape index (κ3) is 7.21. The molecule has 0 atom stereocenters. The lowest BCUT2D eigenvalue weighted by Gasteiger charge is -2.18. The topological polar surface area (TPSA) is 105 Å². The zero-order chi connectivity index (χ0) is 23.6. The maximum absolute atomic E-state index is 12.5. The fraction of sp³-hybridized carbons (Fsp3) is 0.304. The van der Waals surface area contributed by atoms with Crippen molar-refractivity contribution in [3.8, 4) is 5.75 Å². The van der Waals surface area contributed by atoms with Crippen LogP contribution in [0.3, 0.4) is 0 Å². The van der Waals surface area contributed by atoms with E-state index in [2.05, 4.69) is 10.6 Å². The average molecular weight is 460 g/mol. The van der Waals surface area contributed by atoms with E-state index >= 15 is 0 Å². The van der Waals surface area contributed by atoms with Crippen LogP contribution in [-0.4, -0.2) is 50.8 Å². The van der Waals surface area contributed by atoms with Gasteiger partial charge in [0, 0.05) is 24.9 Å². The van der Waals surface area contributed by atoms with Crippen LogP contribution in [0.15, 0.2) is 59.5 Å². The number of amides is 2. The van der Waals surface area contributed by atoms with E-state index in [4.69, 9.17) is 4.74 Å². The minimum Gasteiger partial charge on any atom is -0.494 e. The molecule has 0 radical (unpaired) electrons. The molecule has 0 unspecified atom stereocenters. The van der Waals surface area contributed by atoms with E-state index in [1.165, 1.54) is 22.5 Å². The quantitative estimate of drug-likeness (QED) is 0.503. The standard InChI is InChI=1S/C23H29N3O5S/c1-4-26(5-2)32(29,30)21-14-7-18(8-15-21)9-16-22(27)24-17-23(28)25-19-10-12-20(13-11-19)31-6-3/h7-16H,4-6,17H2,1-3H3,(H,24,27)(H,25,28)/b16-9+. The second-order valence-electron chi connectivity index (χ2n) is 6.72.